The Morgan fingerprint density at radius 3 is 2.39 bits per heavy atom. The Hall–Kier alpha value is -3.23. The molecule has 1 amide bonds. The molecule has 0 aliphatic carbocycles. The fraction of sp³-hybridized carbons (Fsp3) is 0.458. The van der Waals surface area contributed by atoms with Gasteiger partial charge in [0.05, 0.1) is 18.8 Å². The van der Waals surface area contributed by atoms with Crippen molar-refractivity contribution in [3.63, 3.8) is 0 Å². The number of sulfonamides is 1. The fourth-order valence-corrected chi connectivity index (χ4v) is 5.88. The van der Waals surface area contributed by atoms with Crippen molar-refractivity contribution in [3.05, 3.63) is 54.4 Å². The highest BCUT2D eigenvalue weighted by Gasteiger charge is 2.43. The van der Waals surface area contributed by atoms with E-state index >= 15 is 0 Å². The van der Waals surface area contributed by atoms with E-state index in [-0.39, 0.29) is 22.8 Å². The summed E-state index contributed by atoms with van der Waals surface area (Å²) in [6, 6.07) is 10.3. The number of amides is 1. The number of nitrogens with zero attached hydrogens (tertiary/aromatic N) is 3. The van der Waals surface area contributed by atoms with Crippen molar-refractivity contribution < 1.29 is 45.8 Å². The van der Waals surface area contributed by atoms with Crippen molar-refractivity contribution in [3.8, 4) is 5.75 Å². The largest absolute Gasteiger partial charge is 0.492 e. The first-order chi connectivity index (χ1) is 17.9. The van der Waals surface area contributed by atoms with Crippen LogP contribution >= 0.6 is 0 Å². The zero-order chi connectivity index (χ0) is 28.0. The Bertz CT molecular complexity index is 1220. The van der Waals surface area contributed by atoms with Gasteiger partial charge in [-0.2, -0.15) is 17.5 Å². The van der Waals surface area contributed by atoms with Crippen LogP contribution in [0.5, 0.6) is 5.75 Å². The number of benzene rings is 1. The normalized spacial score (nSPS) is 18.7. The lowest BCUT2D eigenvalue weighted by Gasteiger charge is -2.45. The van der Waals surface area contributed by atoms with E-state index in [9.17, 15) is 26.4 Å². The molecule has 1 aromatic heterocycles. The number of pyridine rings is 1. The summed E-state index contributed by atoms with van der Waals surface area (Å²) < 4.78 is 71.2. The summed E-state index contributed by atoms with van der Waals surface area (Å²) in [7, 11) is -2.16. The van der Waals surface area contributed by atoms with Crippen LogP contribution in [0, 0.1) is 5.41 Å². The molecule has 14 heteroatoms. The van der Waals surface area contributed by atoms with Gasteiger partial charge in [-0.15, -0.1) is 0 Å². The number of para-hydroxylation sites is 1. The number of ether oxygens (including phenoxy) is 2. The third-order valence-corrected chi connectivity index (χ3v) is 8.20. The molecule has 10 nitrogen and oxygen atoms in total. The Kier molecular flexibility index (Phi) is 9.33. The first kappa shape index (κ1) is 29.3. The second kappa shape index (κ2) is 12.1. The van der Waals surface area contributed by atoms with E-state index in [1.807, 2.05) is 4.90 Å². The Labute approximate surface area is 218 Å². The van der Waals surface area contributed by atoms with Gasteiger partial charge in [-0.25, -0.2) is 13.2 Å². The number of methoxy groups -OCH3 is 1. The zero-order valence-electron chi connectivity index (χ0n) is 20.6. The van der Waals surface area contributed by atoms with Crippen LogP contribution in [0.4, 0.5) is 13.2 Å². The molecule has 0 saturated carbocycles. The highest BCUT2D eigenvalue weighted by molar-refractivity contribution is 7.89. The number of aliphatic carboxylic acids is 1. The molecular weight excluding hydrogens is 531 g/mol. The van der Waals surface area contributed by atoms with Crippen molar-refractivity contribution >= 4 is 21.9 Å². The maximum absolute atomic E-state index is 13.4. The van der Waals surface area contributed by atoms with Gasteiger partial charge in [-0.3, -0.25) is 9.78 Å². The van der Waals surface area contributed by atoms with Crippen LogP contribution in [0.15, 0.2) is 53.7 Å². The van der Waals surface area contributed by atoms with Gasteiger partial charge in [-0.05, 0) is 37.1 Å². The standard InChI is InChI=1S/C22H27N3O5S.C2HF3O2/c1-29-14-13-25-16-22(17-30-19-6-2-3-7-20(19)31(25,27)28)8-11-24(12-9-22)21(26)18-5-4-10-23-15-18;3-2(4,5)1(6)7/h2-7,10,15H,8-9,11-14,16-17H2,1H3;(H,6,7). The predicted molar refractivity (Wildman–Crippen MR) is 128 cm³/mol. The number of hydrogen-bond donors (Lipinski definition) is 1. The number of alkyl halides is 3. The van der Waals surface area contributed by atoms with Crippen molar-refractivity contribution in [2.45, 2.75) is 23.9 Å². The Morgan fingerprint density at radius 1 is 1.16 bits per heavy atom. The highest BCUT2D eigenvalue weighted by Crippen LogP contribution is 2.39. The maximum Gasteiger partial charge on any atom is 0.490 e. The van der Waals surface area contributed by atoms with Crippen LogP contribution in [0.1, 0.15) is 23.2 Å². The predicted octanol–water partition coefficient (Wildman–Crippen LogP) is 2.67. The fourth-order valence-electron chi connectivity index (χ4n) is 4.21. The van der Waals surface area contributed by atoms with Gasteiger partial charge in [0.2, 0.25) is 10.0 Å². The van der Waals surface area contributed by atoms with Crippen molar-refractivity contribution in [1.29, 1.82) is 0 Å². The topological polar surface area (TPSA) is 126 Å². The average Bonchev–Trinajstić information content (AvgIpc) is 2.90. The third-order valence-electron chi connectivity index (χ3n) is 6.32. The molecule has 0 bridgehead atoms. The number of fused-ring (bicyclic) bond motifs is 1. The number of aromatic nitrogens is 1. The Balaban J connectivity index is 0.000000505. The maximum atomic E-state index is 13.4. The summed E-state index contributed by atoms with van der Waals surface area (Å²) >= 11 is 0. The van der Waals surface area contributed by atoms with Gasteiger partial charge in [-0.1, -0.05) is 12.1 Å². The van der Waals surface area contributed by atoms with E-state index in [1.165, 1.54) is 4.31 Å². The molecule has 0 unspecified atom stereocenters. The summed E-state index contributed by atoms with van der Waals surface area (Å²) in [5.74, 6) is -2.44. The minimum atomic E-state index is -5.08. The Morgan fingerprint density at radius 2 is 1.82 bits per heavy atom. The van der Waals surface area contributed by atoms with Gasteiger partial charge < -0.3 is 19.5 Å². The average molecular weight is 560 g/mol. The molecule has 2 aromatic rings. The van der Waals surface area contributed by atoms with Gasteiger partial charge in [0.25, 0.3) is 5.91 Å². The minimum absolute atomic E-state index is 0.0519. The lowest BCUT2D eigenvalue weighted by atomic mass is 9.78. The lowest BCUT2D eigenvalue weighted by Crippen LogP contribution is -2.53. The zero-order valence-corrected chi connectivity index (χ0v) is 21.4. The smallest absolute Gasteiger partial charge is 0.490 e. The van der Waals surface area contributed by atoms with E-state index in [1.54, 1.807) is 55.9 Å². The van der Waals surface area contributed by atoms with Crippen molar-refractivity contribution in [2.24, 2.45) is 5.41 Å². The molecular formula is C24H28F3N3O7S. The summed E-state index contributed by atoms with van der Waals surface area (Å²) in [5.41, 5.74) is 0.186. The summed E-state index contributed by atoms with van der Waals surface area (Å²) in [5, 5.41) is 7.12. The van der Waals surface area contributed by atoms with Crippen LogP contribution in [0.3, 0.4) is 0 Å². The van der Waals surface area contributed by atoms with Crippen LogP contribution in [0.25, 0.3) is 0 Å². The quantitative estimate of drug-likeness (QED) is 0.606. The highest BCUT2D eigenvalue weighted by atomic mass is 32.2. The van der Waals surface area contributed by atoms with Crippen LogP contribution in [-0.4, -0.2) is 92.3 Å². The molecule has 2 aliphatic heterocycles. The summed E-state index contributed by atoms with van der Waals surface area (Å²) in [6.07, 6.45) is -0.567. The van der Waals surface area contributed by atoms with Crippen LogP contribution in [-0.2, 0) is 19.6 Å². The summed E-state index contributed by atoms with van der Waals surface area (Å²) in [4.78, 5) is 27.7. The second-order valence-corrected chi connectivity index (χ2v) is 10.8. The molecule has 4 rings (SSSR count). The number of halogens is 3. The van der Waals surface area contributed by atoms with Crippen molar-refractivity contribution in [2.75, 3.05) is 46.5 Å². The molecule has 0 radical (unpaired) electrons. The SMILES string of the molecule is COCCN1CC2(CCN(C(=O)c3cccnc3)CC2)COc2ccccc2S1(=O)=O.O=C(O)C(F)(F)F. The number of piperidine rings is 1. The molecule has 1 aromatic carbocycles. The number of hydrogen-bond acceptors (Lipinski definition) is 7. The molecule has 0 atom stereocenters. The van der Waals surface area contributed by atoms with E-state index in [4.69, 9.17) is 19.4 Å². The third kappa shape index (κ3) is 6.99. The molecule has 38 heavy (non-hydrogen) atoms. The molecule has 208 valence electrons. The number of carboxylic acids is 1. The molecule has 1 fully saturated rings. The minimum Gasteiger partial charge on any atom is -0.492 e. The number of rotatable bonds is 4. The molecule has 1 spiro atoms. The number of carbonyl (C=O) groups excluding carboxylic acids is 1. The molecule has 2 aliphatic rings. The number of carboxylic acid groups (broad SMARTS) is 1. The van der Waals surface area contributed by atoms with Crippen LogP contribution < -0.4 is 4.74 Å². The van der Waals surface area contributed by atoms with Gasteiger partial charge >= 0.3 is 12.1 Å². The lowest BCUT2D eigenvalue weighted by molar-refractivity contribution is -0.192. The van der Waals surface area contributed by atoms with E-state index in [2.05, 4.69) is 4.98 Å². The van der Waals surface area contributed by atoms with E-state index < -0.39 is 22.2 Å². The van der Waals surface area contributed by atoms with Gasteiger partial charge in [0.15, 0.2) is 0 Å². The monoisotopic (exact) mass is 559 g/mol. The second-order valence-electron chi connectivity index (χ2n) is 8.90. The molecule has 3 heterocycles. The van der Waals surface area contributed by atoms with Crippen molar-refractivity contribution in [1.82, 2.24) is 14.2 Å². The van der Waals surface area contributed by atoms with Gasteiger partial charge in [0, 0.05) is 51.1 Å². The van der Waals surface area contributed by atoms with Crippen LogP contribution in [0.2, 0.25) is 0 Å². The molecule has 1 N–H and O–H groups in total. The van der Waals surface area contributed by atoms with E-state index in [0.717, 1.165) is 0 Å². The first-order valence-electron chi connectivity index (χ1n) is 11.6. The number of likely N-dealkylation sites (tertiary alicyclic amines) is 1. The first-order valence-corrected chi connectivity index (χ1v) is 13.0. The molecule has 1 saturated heterocycles. The van der Waals surface area contributed by atoms with E-state index in [0.29, 0.717) is 57.0 Å². The van der Waals surface area contributed by atoms with Gasteiger partial charge in [0.1, 0.15) is 10.6 Å². The number of carbonyl (C=O) groups is 2. The summed E-state index contributed by atoms with van der Waals surface area (Å²) in [6.45, 7) is 2.39.